The molecule has 0 radical (unpaired) electrons. The van der Waals surface area contributed by atoms with Crippen LogP contribution in [-0.4, -0.2) is 32.5 Å². The van der Waals surface area contributed by atoms with Crippen LogP contribution >= 0.6 is 15.9 Å². The quantitative estimate of drug-likeness (QED) is 0.572. The fourth-order valence-corrected chi connectivity index (χ4v) is 3.12. The number of carbonyl (C=O) groups excluding carboxylic acids is 1. The lowest BCUT2D eigenvalue weighted by Gasteiger charge is -2.19. The number of nitrogens with zero attached hydrogens (tertiary/aromatic N) is 1. The second kappa shape index (κ2) is 5.69. The van der Waals surface area contributed by atoms with Gasteiger partial charge in [0.05, 0.1) is 5.69 Å². The smallest absolute Gasteiger partial charge is 0.406 e. The van der Waals surface area contributed by atoms with E-state index < -0.39 is 46.5 Å². The van der Waals surface area contributed by atoms with Gasteiger partial charge in [-0.05, 0) is 28.1 Å². The summed E-state index contributed by atoms with van der Waals surface area (Å²) in [6.45, 7) is -0.480. The maximum Gasteiger partial charge on any atom is 0.573 e. The van der Waals surface area contributed by atoms with E-state index in [1.165, 1.54) is 6.07 Å². The zero-order valence-electron chi connectivity index (χ0n) is 10.6. The molecule has 0 aromatic heterocycles. The van der Waals surface area contributed by atoms with Gasteiger partial charge in [0.15, 0.2) is 0 Å². The Bertz CT molecular complexity index is 707. The molecule has 0 aliphatic carbocycles. The summed E-state index contributed by atoms with van der Waals surface area (Å²) in [7, 11) is -4.92. The van der Waals surface area contributed by atoms with Gasteiger partial charge >= 0.3 is 16.6 Å². The summed E-state index contributed by atoms with van der Waals surface area (Å²) < 4.78 is 75.3. The van der Waals surface area contributed by atoms with Crippen LogP contribution in [0.25, 0.3) is 0 Å². The topological polar surface area (TPSA) is 63.7 Å². The van der Waals surface area contributed by atoms with Crippen LogP contribution < -0.4 is 9.64 Å². The van der Waals surface area contributed by atoms with Crippen molar-refractivity contribution in [3.8, 4) is 5.75 Å². The summed E-state index contributed by atoms with van der Waals surface area (Å²) in [6, 6.07) is 3.15. The van der Waals surface area contributed by atoms with Crippen molar-refractivity contribution in [2.24, 2.45) is 0 Å². The highest BCUT2D eigenvalue weighted by Crippen LogP contribution is 2.36. The van der Waals surface area contributed by atoms with Crippen LogP contribution in [0, 0.1) is 0 Å². The van der Waals surface area contributed by atoms with Crippen LogP contribution in [0.4, 0.5) is 22.7 Å². The van der Waals surface area contributed by atoms with E-state index in [9.17, 15) is 30.3 Å². The van der Waals surface area contributed by atoms with Crippen molar-refractivity contribution in [2.75, 3.05) is 11.4 Å². The fraction of sp³-hybridized carbons (Fsp3) is 0.364. The number of anilines is 1. The number of amides is 1. The molecule has 1 amide bonds. The number of carbonyl (C=O) groups is 1. The normalized spacial score (nSPS) is 19.6. The summed E-state index contributed by atoms with van der Waals surface area (Å²) in [4.78, 5) is 12.7. The number of benzene rings is 1. The first-order valence-electron chi connectivity index (χ1n) is 5.76. The SMILES string of the molecule is O=C1CC(S(=O)(=O)F)CN1c1cc(OC(F)(F)F)ccc1Br. The molecule has 1 aromatic rings. The van der Waals surface area contributed by atoms with Crippen molar-refractivity contribution in [3.05, 3.63) is 22.7 Å². The van der Waals surface area contributed by atoms with Gasteiger partial charge in [-0.3, -0.25) is 4.79 Å². The van der Waals surface area contributed by atoms with E-state index in [0.29, 0.717) is 0 Å². The predicted octanol–water partition coefficient (Wildman–Crippen LogP) is 2.75. The molecule has 1 atom stereocenters. The van der Waals surface area contributed by atoms with E-state index in [4.69, 9.17) is 0 Å². The average Bonchev–Trinajstić information content (AvgIpc) is 2.72. The molecule has 1 fully saturated rings. The largest absolute Gasteiger partial charge is 0.573 e. The molecule has 1 saturated heterocycles. The van der Waals surface area contributed by atoms with E-state index in [1.807, 2.05) is 0 Å². The number of hydrogen-bond acceptors (Lipinski definition) is 4. The molecule has 0 spiro atoms. The minimum Gasteiger partial charge on any atom is -0.406 e. The summed E-state index contributed by atoms with van der Waals surface area (Å²) >= 11 is 3.04. The van der Waals surface area contributed by atoms with E-state index in [-0.39, 0.29) is 10.2 Å². The number of rotatable bonds is 3. The molecule has 5 nitrogen and oxygen atoms in total. The Kier molecular flexibility index (Phi) is 4.39. The van der Waals surface area contributed by atoms with Crippen molar-refractivity contribution in [1.82, 2.24) is 0 Å². The maximum absolute atomic E-state index is 13.0. The third-order valence-electron chi connectivity index (χ3n) is 2.93. The van der Waals surface area contributed by atoms with Crippen molar-refractivity contribution in [2.45, 2.75) is 18.0 Å². The molecule has 1 aliphatic rings. The second-order valence-electron chi connectivity index (χ2n) is 4.47. The first-order valence-corrected chi connectivity index (χ1v) is 8.00. The predicted molar refractivity (Wildman–Crippen MR) is 71.6 cm³/mol. The third-order valence-corrected chi connectivity index (χ3v) is 4.71. The van der Waals surface area contributed by atoms with E-state index in [2.05, 4.69) is 20.7 Å². The highest BCUT2D eigenvalue weighted by atomic mass is 79.9. The Hall–Kier alpha value is -1.36. The summed E-state index contributed by atoms with van der Waals surface area (Å²) in [5.41, 5.74) is -0.0297. The lowest BCUT2D eigenvalue weighted by molar-refractivity contribution is -0.274. The summed E-state index contributed by atoms with van der Waals surface area (Å²) in [5, 5.41) is -1.54. The van der Waals surface area contributed by atoms with Crippen LogP contribution in [0.15, 0.2) is 22.7 Å². The molecule has 1 unspecified atom stereocenters. The van der Waals surface area contributed by atoms with Crippen LogP contribution in [-0.2, 0) is 15.0 Å². The van der Waals surface area contributed by atoms with Crippen molar-refractivity contribution < 1.29 is 35.0 Å². The van der Waals surface area contributed by atoms with Gasteiger partial charge in [0.2, 0.25) is 5.91 Å². The lowest BCUT2D eigenvalue weighted by Crippen LogP contribution is -2.27. The molecule has 1 heterocycles. The summed E-state index contributed by atoms with van der Waals surface area (Å²) in [5.74, 6) is -1.29. The van der Waals surface area contributed by atoms with Gasteiger partial charge in [0.1, 0.15) is 11.0 Å². The van der Waals surface area contributed by atoms with Crippen molar-refractivity contribution >= 4 is 37.7 Å². The summed E-state index contributed by atoms with van der Waals surface area (Å²) in [6.07, 6.45) is -5.49. The molecule has 0 bridgehead atoms. The van der Waals surface area contributed by atoms with Crippen molar-refractivity contribution in [1.29, 1.82) is 0 Å². The third kappa shape index (κ3) is 3.88. The van der Waals surface area contributed by atoms with E-state index in [0.717, 1.165) is 17.0 Å². The van der Waals surface area contributed by atoms with Crippen LogP contribution in [0.5, 0.6) is 5.75 Å². The molecular weight excluding hydrogens is 398 g/mol. The molecule has 0 N–H and O–H groups in total. The number of hydrogen-bond donors (Lipinski definition) is 0. The molecule has 11 heteroatoms. The first kappa shape index (κ1) is 17.0. The molecular formula is C11H8BrF4NO4S. The number of alkyl halides is 3. The lowest BCUT2D eigenvalue weighted by atomic mass is 10.3. The number of halogens is 5. The van der Waals surface area contributed by atoms with Crippen molar-refractivity contribution in [3.63, 3.8) is 0 Å². The maximum atomic E-state index is 13.0. The molecule has 1 aliphatic heterocycles. The Morgan fingerprint density at radius 1 is 1.32 bits per heavy atom. The Balaban J connectivity index is 2.32. The second-order valence-corrected chi connectivity index (χ2v) is 6.94. The highest BCUT2D eigenvalue weighted by molar-refractivity contribution is 9.10. The minimum atomic E-state index is -4.92. The highest BCUT2D eigenvalue weighted by Gasteiger charge is 2.40. The standard InChI is InChI=1S/C11H8BrF4NO4S/c12-8-2-1-6(21-11(13,14)15)3-9(8)17-5-7(4-10(17)18)22(16,19)20/h1-3,7H,4-5H2. The monoisotopic (exact) mass is 405 g/mol. The zero-order valence-corrected chi connectivity index (χ0v) is 13.0. The molecule has 2 rings (SSSR count). The zero-order chi connectivity index (χ0) is 16.7. The molecule has 122 valence electrons. The fourth-order valence-electron chi connectivity index (χ4n) is 1.99. The Morgan fingerprint density at radius 2 is 1.95 bits per heavy atom. The first-order chi connectivity index (χ1) is 9.97. The number of ether oxygens (including phenoxy) is 1. The van der Waals surface area contributed by atoms with Gasteiger partial charge < -0.3 is 9.64 Å². The average molecular weight is 406 g/mol. The van der Waals surface area contributed by atoms with Gasteiger partial charge in [-0.15, -0.1) is 17.1 Å². The van der Waals surface area contributed by atoms with Gasteiger partial charge in [0, 0.05) is 23.5 Å². The van der Waals surface area contributed by atoms with E-state index >= 15 is 0 Å². The van der Waals surface area contributed by atoms with Crippen LogP contribution in [0.1, 0.15) is 6.42 Å². The molecule has 22 heavy (non-hydrogen) atoms. The van der Waals surface area contributed by atoms with Gasteiger partial charge in [-0.25, -0.2) is 0 Å². The van der Waals surface area contributed by atoms with Gasteiger partial charge in [-0.2, -0.15) is 8.42 Å². The molecule has 1 aromatic carbocycles. The van der Waals surface area contributed by atoms with Crippen LogP contribution in [0.2, 0.25) is 0 Å². The Morgan fingerprint density at radius 3 is 2.45 bits per heavy atom. The Labute approximate surface area is 131 Å². The minimum absolute atomic E-state index is 0.0297. The molecule has 0 saturated carbocycles. The van der Waals surface area contributed by atoms with Gasteiger partial charge in [-0.1, -0.05) is 0 Å². The van der Waals surface area contributed by atoms with Crippen LogP contribution in [0.3, 0.4) is 0 Å². The van der Waals surface area contributed by atoms with Gasteiger partial charge in [0.25, 0.3) is 0 Å². The van der Waals surface area contributed by atoms with E-state index in [1.54, 1.807) is 0 Å².